The average Bonchev–Trinajstić information content (AvgIpc) is 3.11. The van der Waals surface area contributed by atoms with E-state index in [0.29, 0.717) is 28.0 Å². The van der Waals surface area contributed by atoms with Crippen LogP contribution in [0.1, 0.15) is 16.4 Å². The van der Waals surface area contributed by atoms with Crippen LogP contribution in [0.3, 0.4) is 0 Å². The van der Waals surface area contributed by atoms with E-state index < -0.39 is 11.9 Å². The average molecular weight is 393 g/mol. The van der Waals surface area contributed by atoms with Crippen molar-refractivity contribution < 1.29 is 14.6 Å². The van der Waals surface area contributed by atoms with E-state index in [1.807, 2.05) is 29.6 Å². The number of halogens is 2. The second-order valence-corrected chi connectivity index (χ2v) is 7.25. The largest absolute Gasteiger partial charge is 0.481 e. The first-order chi connectivity index (χ1) is 12.0. The van der Waals surface area contributed by atoms with Crippen molar-refractivity contribution in [2.45, 2.75) is 12.3 Å². The van der Waals surface area contributed by atoms with Gasteiger partial charge in [0.25, 0.3) is 0 Å². The molecule has 0 fully saturated rings. The number of carbonyl (C=O) groups is 1. The van der Waals surface area contributed by atoms with Crippen LogP contribution in [0.25, 0.3) is 0 Å². The lowest BCUT2D eigenvalue weighted by Crippen LogP contribution is -2.13. The number of benzene rings is 2. The standard InChI is InChI=1S/C19H14Cl2O3S/c20-13-5-8-16(21)17(11-13)24-14-6-3-12(4-7-14)10-15(19(22)23)18-2-1-9-25-18/h1-9,11,15H,10H2,(H,22,23). The van der Waals surface area contributed by atoms with E-state index in [-0.39, 0.29) is 0 Å². The summed E-state index contributed by atoms with van der Waals surface area (Å²) in [5.41, 5.74) is 0.922. The Labute approximate surface area is 159 Å². The molecule has 2 aromatic carbocycles. The zero-order chi connectivity index (χ0) is 17.8. The molecule has 0 aliphatic rings. The van der Waals surface area contributed by atoms with Gasteiger partial charge in [-0.2, -0.15) is 0 Å². The Balaban J connectivity index is 1.73. The van der Waals surface area contributed by atoms with Crippen LogP contribution < -0.4 is 4.74 Å². The minimum Gasteiger partial charge on any atom is -0.481 e. The molecule has 3 aromatic rings. The maximum absolute atomic E-state index is 11.5. The summed E-state index contributed by atoms with van der Waals surface area (Å²) in [7, 11) is 0. The highest BCUT2D eigenvalue weighted by Crippen LogP contribution is 2.32. The predicted octanol–water partition coefficient (Wildman–Crippen LogP) is 6.26. The molecule has 0 spiro atoms. The van der Waals surface area contributed by atoms with Gasteiger partial charge in [0.15, 0.2) is 0 Å². The van der Waals surface area contributed by atoms with Gasteiger partial charge in [-0.1, -0.05) is 41.4 Å². The summed E-state index contributed by atoms with van der Waals surface area (Å²) in [5, 5.41) is 12.4. The van der Waals surface area contributed by atoms with Crippen molar-refractivity contribution in [2.75, 3.05) is 0 Å². The maximum atomic E-state index is 11.5. The highest BCUT2D eigenvalue weighted by atomic mass is 35.5. The number of aliphatic carboxylic acids is 1. The Bertz CT molecular complexity index is 861. The summed E-state index contributed by atoms with van der Waals surface area (Å²) >= 11 is 13.5. The van der Waals surface area contributed by atoms with E-state index in [1.165, 1.54) is 11.3 Å². The van der Waals surface area contributed by atoms with Crippen LogP contribution in [-0.2, 0) is 11.2 Å². The number of rotatable bonds is 6. The van der Waals surface area contributed by atoms with E-state index in [9.17, 15) is 9.90 Å². The fraction of sp³-hybridized carbons (Fsp3) is 0.105. The van der Waals surface area contributed by atoms with E-state index in [4.69, 9.17) is 27.9 Å². The smallest absolute Gasteiger partial charge is 0.312 e. The summed E-state index contributed by atoms with van der Waals surface area (Å²) in [6.45, 7) is 0. The summed E-state index contributed by atoms with van der Waals surface area (Å²) in [6.07, 6.45) is 0.425. The van der Waals surface area contributed by atoms with Crippen molar-refractivity contribution >= 4 is 40.5 Å². The first-order valence-corrected chi connectivity index (χ1v) is 9.14. The SMILES string of the molecule is O=C(O)C(Cc1ccc(Oc2cc(Cl)ccc2Cl)cc1)c1cccs1. The molecule has 3 rings (SSSR count). The van der Waals surface area contributed by atoms with Crippen LogP contribution >= 0.6 is 34.5 Å². The quantitative estimate of drug-likeness (QED) is 0.538. The van der Waals surface area contributed by atoms with Crippen molar-refractivity contribution in [3.8, 4) is 11.5 Å². The molecule has 0 aliphatic carbocycles. The summed E-state index contributed by atoms with van der Waals surface area (Å²) in [6, 6.07) is 16.0. The molecule has 1 aromatic heterocycles. The van der Waals surface area contributed by atoms with E-state index in [0.717, 1.165) is 10.4 Å². The lowest BCUT2D eigenvalue weighted by atomic mass is 9.98. The van der Waals surface area contributed by atoms with Crippen LogP contribution in [-0.4, -0.2) is 11.1 Å². The molecule has 0 aliphatic heterocycles. The lowest BCUT2D eigenvalue weighted by molar-refractivity contribution is -0.138. The Morgan fingerprint density at radius 3 is 2.52 bits per heavy atom. The molecule has 128 valence electrons. The van der Waals surface area contributed by atoms with Gasteiger partial charge in [0, 0.05) is 16.0 Å². The van der Waals surface area contributed by atoms with Crippen molar-refractivity contribution in [2.24, 2.45) is 0 Å². The van der Waals surface area contributed by atoms with E-state index in [2.05, 4.69) is 0 Å². The van der Waals surface area contributed by atoms with Gasteiger partial charge in [0.2, 0.25) is 0 Å². The van der Waals surface area contributed by atoms with Gasteiger partial charge >= 0.3 is 5.97 Å². The molecule has 6 heteroatoms. The minimum absolute atomic E-state index is 0.425. The Hall–Kier alpha value is -2.01. The monoisotopic (exact) mass is 392 g/mol. The molecule has 1 heterocycles. The highest BCUT2D eigenvalue weighted by Gasteiger charge is 2.21. The predicted molar refractivity (Wildman–Crippen MR) is 101 cm³/mol. The number of carboxylic acid groups (broad SMARTS) is 1. The summed E-state index contributed by atoms with van der Waals surface area (Å²) < 4.78 is 5.74. The lowest BCUT2D eigenvalue weighted by Gasteiger charge is -2.12. The van der Waals surface area contributed by atoms with Crippen molar-refractivity contribution in [1.29, 1.82) is 0 Å². The molecule has 0 saturated heterocycles. The van der Waals surface area contributed by atoms with Crippen LogP contribution in [0.15, 0.2) is 60.0 Å². The molecule has 0 bridgehead atoms. The van der Waals surface area contributed by atoms with Crippen LogP contribution in [0.2, 0.25) is 10.0 Å². The van der Waals surface area contributed by atoms with Gasteiger partial charge in [0.05, 0.1) is 10.9 Å². The van der Waals surface area contributed by atoms with E-state index >= 15 is 0 Å². The van der Waals surface area contributed by atoms with Gasteiger partial charge < -0.3 is 9.84 Å². The second-order valence-electron chi connectivity index (χ2n) is 5.43. The third-order valence-corrected chi connectivity index (χ3v) is 5.20. The van der Waals surface area contributed by atoms with Gasteiger partial charge in [-0.3, -0.25) is 4.79 Å². The fourth-order valence-electron chi connectivity index (χ4n) is 2.41. The molecule has 0 amide bonds. The molecule has 25 heavy (non-hydrogen) atoms. The molecule has 1 N–H and O–H groups in total. The van der Waals surface area contributed by atoms with Crippen molar-refractivity contribution in [3.63, 3.8) is 0 Å². The van der Waals surface area contributed by atoms with Gasteiger partial charge in [-0.25, -0.2) is 0 Å². The third-order valence-electron chi connectivity index (χ3n) is 3.67. The van der Waals surface area contributed by atoms with E-state index in [1.54, 1.807) is 30.3 Å². The summed E-state index contributed by atoms with van der Waals surface area (Å²) in [4.78, 5) is 12.4. The molecule has 1 atom stereocenters. The third kappa shape index (κ3) is 4.54. The maximum Gasteiger partial charge on any atom is 0.312 e. The normalized spacial score (nSPS) is 11.9. The number of ether oxygens (including phenoxy) is 1. The van der Waals surface area contributed by atoms with Crippen molar-refractivity contribution in [3.05, 3.63) is 80.5 Å². The molecule has 0 saturated carbocycles. The highest BCUT2D eigenvalue weighted by molar-refractivity contribution is 7.10. The molecule has 3 nitrogen and oxygen atoms in total. The van der Waals surface area contributed by atoms with Crippen molar-refractivity contribution in [1.82, 2.24) is 0 Å². The number of hydrogen-bond acceptors (Lipinski definition) is 3. The van der Waals surface area contributed by atoms with Gasteiger partial charge in [0.1, 0.15) is 11.5 Å². The fourth-order valence-corrected chi connectivity index (χ4v) is 3.55. The Kier molecular flexibility index (Phi) is 5.63. The second kappa shape index (κ2) is 7.91. The first-order valence-electron chi connectivity index (χ1n) is 7.51. The van der Waals surface area contributed by atoms with Crippen LogP contribution in [0, 0.1) is 0 Å². The molecule has 1 unspecified atom stereocenters. The number of thiophene rings is 1. The van der Waals surface area contributed by atoms with Crippen LogP contribution in [0.5, 0.6) is 11.5 Å². The minimum atomic E-state index is -0.825. The number of carboxylic acids is 1. The topological polar surface area (TPSA) is 46.5 Å². The van der Waals surface area contributed by atoms with Crippen LogP contribution in [0.4, 0.5) is 0 Å². The molecule has 0 radical (unpaired) electrons. The Morgan fingerprint density at radius 1 is 1.12 bits per heavy atom. The zero-order valence-electron chi connectivity index (χ0n) is 13.0. The summed E-state index contributed by atoms with van der Waals surface area (Å²) in [5.74, 6) is -0.289. The Morgan fingerprint density at radius 2 is 1.88 bits per heavy atom. The first kappa shape index (κ1) is 17.8. The zero-order valence-corrected chi connectivity index (χ0v) is 15.3. The molecular weight excluding hydrogens is 379 g/mol. The van der Waals surface area contributed by atoms with Gasteiger partial charge in [-0.15, -0.1) is 11.3 Å². The molecular formula is C19H14Cl2O3S. The number of hydrogen-bond donors (Lipinski definition) is 1. The van der Waals surface area contributed by atoms with Gasteiger partial charge in [-0.05, 0) is 47.7 Å².